The first-order valence-electron chi connectivity index (χ1n) is 6.53. The topological polar surface area (TPSA) is 30.5 Å². The molecule has 0 bridgehead atoms. The van der Waals surface area contributed by atoms with Gasteiger partial charge in [-0.25, -0.2) is 0 Å². The number of rotatable bonds is 9. The van der Waals surface area contributed by atoms with Crippen molar-refractivity contribution in [3.05, 3.63) is 34.8 Å². The second-order valence-electron chi connectivity index (χ2n) is 4.21. The molecule has 4 heteroatoms. The molecule has 1 rings (SSSR count). The average Bonchev–Trinajstić information content (AvgIpc) is 2.42. The molecule has 1 aromatic carbocycles. The van der Waals surface area contributed by atoms with Gasteiger partial charge in [-0.3, -0.25) is 0 Å². The Labute approximate surface area is 124 Å². The Hall–Kier alpha value is -1.00. The summed E-state index contributed by atoms with van der Waals surface area (Å²) in [5.74, 6) is 1.54. The molecule has 0 fully saturated rings. The molecule has 0 aliphatic carbocycles. The van der Waals surface area contributed by atoms with Crippen molar-refractivity contribution in [2.45, 2.75) is 26.3 Å². The molecule has 1 aromatic rings. The zero-order chi connectivity index (χ0) is 14.1. The predicted molar refractivity (Wildman–Crippen MR) is 83.0 cm³/mol. The van der Waals surface area contributed by atoms with Crippen LogP contribution in [0.15, 0.2) is 29.3 Å². The van der Waals surface area contributed by atoms with Gasteiger partial charge in [0.05, 0.1) is 18.2 Å². The molecular weight excluding hydrogens is 306 g/mol. The van der Waals surface area contributed by atoms with Crippen LogP contribution in [0.4, 0.5) is 0 Å². The quantitative estimate of drug-likeness (QED) is 0.551. The van der Waals surface area contributed by atoms with Gasteiger partial charge in [0.1, 0.15) is 0 Å². The summed E-state index contributed by atoms with van der Waals surface area (Å²) in [6.45, 7) is 8.20. The summed E-state index contributed by atoms with van der Waals surface area (Å²) >= 11 is 3.54. The molecule has 19 heavy (non-hydrogen) atoms. The molecule has 0 aliphatic heterocycles. The maximum atomic E-state index is 5.70. The lowest BCUT2D eigenvalue weighted by molar-refractivity contribution is 0.292. The van der Waals surface area contributed by atoms with Gasteiger partial charge < -0.3 is 14.8 Å². The van der Waals surface area contributed by atoms with Crippen LogP contribution in [0.1, 0.15) is 25.3 Å². The van der Waals surface area contributed by atoms with Gasteiger partial charge >= 0.3 is 0 Å². The number of hydrogen-bond donors (Lipinski definition) is 1. The lowest BCUT2D eigenvalue weighted by Crippen LogP contribution is -2.14. The van der Waals surface area contributed by atoms with Crippen molar-refractivity contribution in [1.82, 2.24) is 5.32 Å². The molecule has 0 atom stereocenters. The van der Waals surface area contributed by atoms with Crippen molar-refractivity contribution in [3.8, 4) is 11.5 Å². The van der Waals surface area contributed by atoms with Crippen LogP contribution in [0.2, 0.25) is 0 Å². The molecule has 0 aromatic heterocycles. The van der Waals surface area contributed by atoms with E-state index in [9.17, 15) is 0 Å². The Balaban J connectivity index is 2.74. The smallest absolute Gasteiger partial charge is 0.175 e. The number of nitrogens with one attached hydrogen (secondary N) is 1. The second kappa shape index (κ2) is 8.99. The first-order valence-corrected chi connectivity index (χ1v) is 7.33. The number of methoxy groups -OCH3 is 1. The highest BCUT2D eigenvalue weighted by atomic mass is 79.9. The summed E-state index contributed by atoms with van der Waals surface area (Å²) < 4.78 is 12.0. The van der Waals surface area contributed by atoms with Crippen LogP contribution in [0.5, 0.6) is 11.5 Å². The molecule has 0 saturated carbocycles. The first-order chi connectivity index (χ1) is 9.22. The van der Waals surface area contributed by atoms with E-state index in [0.29, 0.717) is 6.61 Å². The van der Waals surface area contributed by atoms with E-state index in [-0.39, 0.29) is 0 Å². The lowest BCUT2D eigenvalue weighted by atomic mass is 10.2. The van der Waals surface area contributed by atoms with Crippen molar-refractivity contribution in [2.75, 3.05) is 20.3 Å². The molecule has 0 aliphatic rings. The van der Waals surface area contributed by atoms with Crippen LogP contribution >= 0.6 is 15.9 Å². The zero-order valence-corrected chi connectivity index (χ0v) is 13.3. The van der Waals surface area contributed by atoms with Gasteiger partial charge in [-0.2, -0.15) is 0 Å². The van der Waals surface area contributed by atoms with Crippen molar-refractivity contribution in [3.63, 3.8) is 0 Å². The van der Waals surface area contributed by atoms with Crippen molar-refractivity contribution < 1.29 is 9.47 Å². The molecule has 3 nitrogen and oxygen atoms in total. The molecule has 0 unspecified atom stereocenters. The maximum Gasteiger partial charge on any atom is 0.175 e. The van der Waals surface area contributed by atoms with Crippen LogP contribution in [0, 0.1) is 0 Å². The van der Waals surface area contributed by atoms with Crippen molar-refractivity contribution >= 4 is 15.9 Å². The monoisotopic (exact) mass is 327 g/mol. The normalized spacial score (nSPS) is 10.3. The third-order valence-corrected chi connectivity index (χ3v) is 3.18. The summed E-state index contributed by atoms with van der Waals surface area (Å²) in [6.07, 6.45) is 3.85. The van der Waals surface area contributed by atoms with Gasteiger partial charge in [0.25, 0.3) is 0 Å². The van der Waals surface area contributed by atoms with Crippen LogP contribution in [-0.2, 0) is 6.54 Å². The Morgan fingerprint density at radius 2 is 2.21 bits per heavy atom. The Bertz CT molecular complexity index is 407. The molecule has 0 amide bonds. The Kier molecular flexibility index (Phi) is 7.60. The lowest BCUT2D eigenvalue weighted by Gasteiger charge is -2.14. The van der Waals surface area contributed by atoms with E-state index in [1.807, 2.05) is 12.1 Å². The van der Waals surface area contributed by atoms with E-state index in [2.05, 4.69) is 40.8 Å². The third kappa shape index (κ3) is 5.25. The van der Waals surface area contributed by atoms with Crippen molar-refractivity contribution in [2.24, 2.45) is 0 Å². The minimum atomic E-state index is 0.686. The highest BCUT2D eigenvalue weighted by Crippen LogP contribution is 2.36. The van der Waals surface area contributed by atoms with E-state index < -0.39 is 0 Å². The highest BCUT2D eigenvalue weighted by molar-refractivity contribution is 9.10. The van der Waals surface area contributed by atoms with Crippen molar-refractivity contribution in [1.29, 1.82) is 0 Å². The molecule has 1 N–H and O–H groups in total. The van der Waals surface area contributed by atoms with Gasteiger partial charge in [0.15, 0.2) is 11.5 Å². The fraction of sp³-hybridized carbons (Fsp3) is 0.467. The number of halogens is 1. The summed E-state index contributed by atoms with van der Waals surface area (Å²) in [6, 6.07) is 4.07. The molecule has 0 spiro atoms. The second-order valence-corrected chi connectivity index (χ2v) is 5.07. The average molecular weight is 328 g/mol. The first kappa shape index (κ1) is 16.1. The Morgan fingerprint density at radius 1 is 1.42 bits per heavy atom. The van der Waals surface area contributed by atoms with E-state index >= 15 is 0 Å². The number of hydrogen-bond acceptors (Lipinski definition) is 3. The van der Waals surface area contributed by atoms with E-state index in [0.717, 1.165) is 47.5 Å². The maximum absolute atomic E-state index is 5.70. The minimum absolute atomic E-state index is 0.686. The molecule has 0 heterocycles. The van der Waals surface area contributed by atoms with Crippen LogP contribution in [0.25, 0.3) is 0 Å². The summed E-state index contributed by atoms with van der Waals surface area (Å²) in [5, 5.41) is 3.36. The summed E-state index contributed by atoms with van der Waals surface area (Å²) in [4.78, 5) is 0. The van der Waals surface area contributed by atoms with Gasteiger partial charge in [0, 0.05) is 6.54 Å². The predicted octanol–water partition coefficient (Wildman–Crippen LogP) is 3.91. The minimum Gasteiger partial charge on any atom is -0.493 e. The standard InChI is InChI=1S/C15H22BrNO2/c1-4-6-7-17-11-12-9-13(16)15(19-8-5-2)14(10-12)18-3/h4,9-10,17H,1,5-8,11H2,2-3H3. The van der Waals surface area contributed by atoms with E-state index in [4.69, 9.17) is 9.47 Å². The van der Waals surface area contributed by atoms with E-state index in [1.165, 1.54) is 0 Å². The fourth-order valence-corrected chi connectivity index (χ4v) is 2.26. The summed E-state index contributed by atoms with van der Waals surface area (Å²) in [5.41, 5.74) is 1.16. The van der Waals surface area contributed by atoms with E-state index in [1.54, 1.807) is 7.11 Å². The molecular formula is C15H22BrNO2. The molecule has 106 valence electrons. The zero-order valence-electron chi connectivity index (χ0n) is 11.7. The molecule has 0 radical (unpaired) electrons. The van der Waals surface area contributed by atoms with Gasteiger partial charge in [-0.1, -0.05) is 13.0 Å². The number of benzene rings is 1. The van der Waals surface area contributed by atoms with Gasteiger partial charge in [-0.05, 0) is 53.0 Å². The van der Waals surface area contributed by atoms with Crippen LogP contribution < -0.4 is 14.8 Å². The number of ether oxygens (including phenoxy) is 2. The SMILES string of the molecule is C=CCCNCc1cc(Br)c(OCCC)c(OC)c1. The fourth-order valence-electron chi connectivity index (χ4n) is 1.66. The van der Waals surface area contributed by atoms with Gasteiger partial charge in [-0.15, -0.1) is 6.58 Å². The van der Waals surface area contributed by atoms with Crippen LogP contribution in [0.3, 0.4) is 0 Å². The van der Waals surface area contributed by atoms with Crippen LogP contribution in [-0.4, -0.2) is 20.3 Å². The Morgan fingerprint density at radius 3 is 2.84 bits per heavy atom. The largest absolute Gasteiger partial charge is 0.493 e. The highest BCUT2D eigenvalue weighted by Gasteiger charge is 2.11. The third-order valence-electron chi connectivity index (χ3n) is 2.59. The van der Waals surface area contributed by atoms with Gasteiger partial charge in [0.2, 0.25) is 0 Å². The summed E-state index contributed by atoms with van der Waals surface area (Å²) in [7, 11) is 1.66. The molecule has 0 saturated heterocycles.